The molecule has 3 heterocycles. The van der Waals surface area contributed by atoms with Crippen molar-refractivity contribution in [2.75, 3.05) is 5.32 Å². The minimum Gasteiger partial charge on any atom is -0.326 e. The van der Waals surface area contributed by atoms with Crippen LogP contribution >= 0.6 is 11.3 Å². The number of fused-ring (bicyclic) bond motifs is 1. The molecule has 7 heteroatoms. The fourth-order valence-electron chi connectivity index (χ4n) is 2.83. The van der Waals surface area contributed by atoms with Crippen molar-refractivity contribution in [3.8, 4) is 16.6 Å². The fourth-order valence-corrected chi connectivity index (χ4v) is 3.82. The van der Waals surface area contributed by atoms with Gasteiger partial charge in [0.25, 0.3) is 0 Å². The number of H-pyrrole nitrogens is 1. The highest BCUT2D eigenvalue weighted by atomic mass is 32.1. The van der Waals surface area contributed by atoms with Gasteiger partial charge in [-0.25, -0.2) is 9.97 Å². The van der Waals surface area contributed by atoms with Crippen LogP contribution in [0.3, 0.4) is 0 Å². The summed E-state index contributed by atoms with van der Waals surface area (Å²) in [6.45, 7) is 3.86. The van der Waals surface area contributed by atoms with Crippen LogP contribution in [-0.2, 0) is 0 Å². The van der Waals surface area contributed by atoms with E-state index in [1.165, 1.54) is 17.4 Å². The van der Waals surface area contributed by atoms with Crippen molar-refractivity contribution < 1.29 is 0 Å². The number of aryl methyl sites for hydroxylation is 2. The Morgan fingerprint density at radius 1 is 1.19 bits per heavy atom. The number of benzene rings is 1. The molecule has 6 nitrogen and oxygen atoms in total. The molecular formula is C20H15N5OS. The highest BCUT2D eigenvalue weighted by molar-refractivity contribution is 7.21. The largest absolute Gasteiger partial charge is 0.326 e. The van der Waals surface area contributed by atoms with Gasteiger partial charge in [-0.3, -0.25) is 4.79 Å². The average Bonchev–Trinajstić information content (AvgIpc) is 3.04. The van der Waals surface area contributed by atoms with Crippen LogP contribution in [0.15, 0.2) is 47.4 Å². The zero-order chi connectivity index (χ0) is 19.0. The van der Waals surface area contributed by atoms with Gasteiger partial charge in [-0.2, -0.15) is 5.26 Å². The number of nitrogens with zero attached hydrogens (tertiary/aromatic N) is 3. The first-order valence-corrected chi connectivity index (χ1v) is 9.09. The lowest BCUT2D eigenvalue weighted by molar-refractivity contribution is 1.19. The summed E-state index contributed by atoms with van der Waals surface area (Å²) in [4.78, 5) is 23.5. The molecule has 0 aliphatic carbocycles. The van der Waals surface area contributed by atoms with E-state index in [2.05, 4.69) is 21.4 Å². The Kier molecular flexibility index (Phi) is 4.18. The van der Waals surface area contributed by atoms with Gasteiger partial charge in [0, 0.05) is 23.9 Å². The standard InChI is InChI=1S/C20H15N5OS/c1-11-5-18(25-19(26)6-11)24-17-8-15-16(10-22-17)27-20(23-15)14-7-13(9-21)4-3-12(14)2/h3-8,10H,1-2H3,(H2,22,24,25,26). The lowest BCUT2D eigenvalue weighted by atomic mass is 10.1. The lowest BCUT2D eigenvalue weighted by Gasteiger charge is -2.05. The van der Waals surface area contributed by atoms with Gasteiger partial charge in [0.15, 0.2) is 0 Å². The highest BCUT2D eigenvalue weighted by Gasteiger charge is 2.11. The average molecular weight is 373 g/mol. The monoisotopic (exact) mass is 373 g/mol. The number of hydrogen-bond donors (Lipinski definition) is 2. The second-order valence-corrected chi connectivity index (χ2v) is 7.29. The number of hydrogen-bond acceptors (Lipinski definition) is 6. The van der Waals surface area contributed by atoms with Crippen LogP contribution in [0.2, 0.25) is 0 Å². The van der Waals surface area contributed by atoms with Crippen molar-refractivity contribution in [3.63, 3.8) is 0 Å². The fraction of sp³-hybridized carbons (Fsp3) is 0.100. The first kappa shape index (κ1) is 16.9. The van der Waals surface area contributed by atoms with Crippen LogP contribution in [0.4, 0.5) is 11.6 Å². The summed E-state index contributed by atoms with van der Waals surface area (Å²) in [5.41, 5.74) is 4.14. The second kappa shape index (κ2) is 6.67. The summed E-state index contributed by atoms with van der Waals surface area (Å²) in [7, 11) is 0. The summed E-state index contributed by atoms with van der Waals surface area (Å²) in [5, 5.41) is 13.1. The quantitative estimate of drug-likeness (QED) is 0.559. The SMILES string of the molecule is Cc1cc(Nc2cc3nc(-c4cc(C#N)ccc4C)sc3cn2)[nH]c(=O)c1. The zero-order valence-corrected chi connectivity index (χ0v) is 15.5. The van der Waals surface area contributed by atoms with E-state index in [-0.39, 0.29) is 5.56 Å². The Balaban J connectivity index is 1.72. The lowest BCUT2D eigenvalue weighted by Crippen LogP contribution is -2.08. The number of nitriles is 1. The number of aromatic amines is 1. The van der Waals surface area contributed by atoms with Gasteiger partial charge in [-0.1, -0.05) is 6.07 Å². The van der Waals surface area contributed by atoms with Crippen LogP contribution in [0, 0.1) is 25.2 Å². The number of anilines is 2. The van der Waals surface area contributed by atoms with Gasteiger partial charge >= 0.3 is 0 Å². The summed E-state index contributed by atoms with van der Waals surface area (Å²) >= 11 is 1.54. The predicted octanol–water partition coefficient (Wildman–Crippen LogP) is 4.28. The first-order chi connectivity index (χ1) is 13.0. The van der Waals surface area contributed by atoms with Crippen LogP contribution in [0.1, 0.15) is 16.7 Å². The molecule has 0 aliphatic heterocycles. The van der Waals surface area contributed by atoms with Gasteiger partial charge in [0.1, 0.15) is 16.6 Å². The van der Waals surface area contributed by atoms with E-state index in [4.69, 9.17) is 10.2 Å². The van der Waals surface area contributed by atoms with Crippen molar-refractivity contribution in [2.45, 2.75) is 13.8 Å². The minimum atomic E-state index is -0.164. The summed E-state index contributed by atoms with van der Waals surface area (Å²) < 4.78 is 0.954. The van der Waals surface area contributed by atoms with E-state index in [0.717, 1.165) is 31.9 Å². The number of thiazole rings is 1. The molecule has 0 unspecified atom stereocenters. The van der Waals surface area contributed by atoms with Gasteiger partial charge in [-0.05, 0) is 43.2 Å². The Morgan fingerprint density at radius 3 is 2.81 bits per heavy atom. The predicted molar refractivity (Wildman–Crippen MR) is 107 cm³/mol. The summed E-state index contributed by atoms with van der Waals surface area (Å²) in [6.07, 6.45) is 1.76. The molecule has 27 heavy (non-hydrogen) atoms. The Hall–Kier alpha value is -3.50. The number of aromatic nitrogens is 3. The molecular weight excluding hydrogens is 358 g/mol. The minimum absolute atomic E-state index is 0.164. The van der Waals surface area contributed by atoms with Gasteiger partial charge in [0.2, 0.25) is 5.56 Å². The van der Waals surface area contributed by atoms with Gasteiger partial charge < -0.3 is 10.3 Å². The van der Waals surface area contributed by atoms with Crippen molar-refractivity contribution >= 4 is 33.2 Å². The molecule has 0 atom stereocenters. The van der Waals surface area contributed by atoms with Crippen molar-refractivity contribution in [2.24, 2.45) is 0 Å². The normalized spacial score (nSPS) is 10.7. The number of nitrogens with one attached hydrogen (secondary N) is 2. The molecule has 0 fully saturated rings. The third-order valence-corrected chi connectivity index (χ3v) is 5.16. The molecule has 0 aliphatic rings. The molecule has 3 aromatic heterocycles. The molecule has 0 amide bonds. The first-order valence-electron chi connectivity index (χ1n) is 8.27. The molecule has 0 saturated carbocycles. The maximum atomic E-state index is 11.6. The number of pyridine rings is 2. The van der Waals surface area contributed by atoms with Crippen molar-refractivity contribution in [1.29, 1.82) is 5.26 Å². The molecule has 0 radical (unpaired) electrons. The molecule has 0 bridgehead atoms. The molecule has 132 valence electrons. The van der Waals surface area contributed by atoms with Crippen LogP contribution in [0.5, 0.6) is 0 Å². The second-order valence-electron chi connectivity index (χ2n) is 6.26. The maximum absolute atomic E-state index is 11.6. The Morgan fingerprint density at radius 2 is 2.04 bits per heavy atom. The highest BCUT2D eigenvalue weighted by Crippen LogP contribution is 2.33. The van der Waals surface area contributed by atoms with E-state index in [1.54, 1.807) is 12.3 Å². The molecule has 4 aromatic rings. The molecule has 0 saturated heterocycles. The summed E-state index contributed by atoms with van der Waals surface area (Å²) in [5.74, 6) is 1.18. The van der Waals surface area contributed by atoms with Crippen LogP contribution in [0.25, 0.3) is 20.8 Å². The number of rotatable bonds is 3. The van der Waals surface area contributed by atoms with E-state index < -0.39 is 0 Å². The third kappa shape index (κ3) is 3.43. The van der Waals surface area contributed by atoms with Gasteiger partial charge in [0.05, 0.1) is 21.8 Å². The molecule has 1 aromatic carbocycles. The Bertz CT molecular complexity index is 1270. The Labute approximate surface area is 159 Å². The zero-order valence-electron chi connectivity index (χ0n) is 14.7. The summed E-state index contributed by atoms with van der Waals surface area (Å²) in [6, 6.07) is 13.0. The van der Waals surface area contributed by atoms with E-state index >= 15 is 0 Å². The maximum Gasteiger partial charge on any atom is 0.249 e. The molecule has 2 N–H and O–H groups in total. The topological polar surface area (TPSA) is 94.5 Å². The van der Waals surface area contributed by atoms with Crippen LogP contribution in [-0.4, -0.2) is 15.0 Å². The van der Waals surface area contributed by atoms with Gasteiger partial charge in [-0.15, -0.1) is 11.3 Å². The van der Waals surface area contributed by atoms with Crippen molar-refractivity contribution in [1.82, 2.24) is 15.0 Å². The van der Waals surface area contributed by atoms with Crippen LogP contribution < -0.4 is 10.9 Å². The molecule has 0 spiro atoms. The third-order valence-electron chi connectivity index (χ3n) is 4.12. The van der Waals surface area contributed by atoms with E-state index in [9.17, 15) is 4.79 Å². The smallest absolute Gasteiger partial charge is 0.249 e. The van der Waals surface area contributed by atoms with E-state index in [1.807, 2.05) is 38.1 Å². The van der Waals surface area contributed by atoms with Crippen molar-refractivity contribution in [3.05, 3.63) is 69.6 Å². The molecule has 4 rings (SSSR count). The van der Waals surface area contributed by atoms with E-state index in [0.29, 0.717) is 17.2 Å².